The summed E-state index contributed by atoms with van der Waals surface area (Å²) in [5, 5.41) is 30.3. The minimum atomic E-state index is -1.05. The standard InChI is InChI=1S/C16H21FO3/c1-15-6-7-16(20,9-11(15)3-5-14(15)19)10-2-4-13(18)12(17)8-10/h2,4,8,11,14,18-20H,3,5-7,9H2,1H3/t11?,14-,15-,16?/m0/s1. The smallest absolute Gasteiger partial charge is 0.165 e. The minimum absolute atomic E-state index is 0.123. The number of benzene rings is 1. The fourth-order valence-corrected chi connectivity index (χ4v) is 4.04. The number of fused-ring (bicyclic) bond motifs is 1. The number of aromatic hydroxyl groups is 1. The number of hydrogen-bond acceptors (Lipinski definition) is 3. The lowest BCUT2D eigenvalue weighted by Crippen LogP contribution is -2.44. The minimum Gasteiger partial charge on any atom is -0.505 e. The lowest BCUT2D eigenvalue weighted by Gasteiger charge is -2.46. The molecular formula is C16H21FO3. The van der Waals surface area contributed by atoms with E-state index in [4.69, 9.17) is 0 Å². The third-order valence-corrected chi connectivity index (χ3v) is 5.63. The maximum Gasteiger partial charge on any atom is 0.165 e. The maximum atomic E-state index is 13.5. The topological polar surface area (TPSA) is 60.7 Å². The van der Waals surface area contributed by atoms with Crippen LogP contribution in [0.3, 0.4) is 0 Å². The molecule has 3 nitrogen and oxygen atoms in total. The summed E-state index contributed by atoms with van der Waals surface area (Å²) in [4.78, 5) is 0. The van der Waals surface area contributed by atoms with Gasteiger partial charge in [0.15, 0.2) is 11.6 Å². The Morgan fingerprint density at radius 1 is 1.25 bits per heavy atom. The molecule has 2 fully saturated rings. The van der Waals surface area contributed by atoms with Crippen molar-refractivity contribution in [3.8, 4) is 5.75 Å². The average Bonchev–Trinajstić information content (AvgIpc) is 2.70. The second-order valence-electron chi connectivity index (χ2n) is 6.70. The van der Waals surface area contributed by atoms with E-state index in [0.29, 0.717) is 18.4 Å². The first-order valence-corrected chi connectivity index (χ1v) is 7.25. The van der Waals surface area contributed by atoms with E-state index in [0.717, 1.165) is 19.3 Å². The first-order chi connectivity index (χ1) is 9.35. The number of aliphatic hydroxyl groups is 2. The summed E-state index contributed by atoms with van der Waals surface area (Å²) in [6.07, 6.45) is 3.18. The van der Waals surface area contributed by atoms with E-state index < -0.39 is 17.2 Å². The van der Waals surface area contributed by atoms with Gasteiger partial charge in [0.25, 0.3) is 0 Å². The molecule has 2 aliphatic carbocycles. The van der Waals surface area contributed by atoms with Crippen molar-refractivity contribution in [3.05, 3.63) is 29.6 Å². The molecule has 3 rings (SSSR count). The molecule has 1 aromatic carbocycles. The van der Waals surface area contributed by atoms with Crippen molar-refractivity contribution >= 4 is 0 Å². The summed E-state index contributed by atoms with van der Waals surface area (Å²) < 4.78 is 13.5. The molecule has 3 N–H and O–H groups in total. The molecule has 2 unspecified atom stereocenters. The second kappa shape index (κ2) is 4.43. The lowest BCUT2D eigenvalue weighted by molar-refractivity contribution is -0.0856. The van der Waals surface area contributed by atoms with Crippen molar-refractivity contribution in [3.63, 3.8) is 0 Å². The number of hydrogen-bond donors (Lipinski definition) is 3. The highest BCUT2D eigenvalue weighted by atomic mass is 19.1. The Balaban J connectivity index is 1.89. The monoisotopic (exact) mass is 280 g/mol. The molecule has 110 valence electrons. The number of aliphatic hydroxyl groups excluding tert-OH is 1. The highest BCUT2D eigenvalue weighted by Gasteiger charge is 2.53. The van der Waals surface area contributed by atoms with Gasteiger partial charge in [0.2, 0.25) is 0 Å². The van der Waals surface area contributed by atoms with Gasteiger partial charge in [-0.1, -0.05) is 13.0 Å². The van der Waals surface area contributed by atoms with Gasteiger partial charge < -0.3 is 15.3 Å². The van der Waals surface area contributed by atoms with Crippen LogP contribution in [0.4, 0.5) is 4.39 Å². The highest BCUT2D eigenvalue weighted by Crippen LogP contribution is 2.56. The van der Waals surface area contributed by atoms with Gasteiger partial charge in [-0.05, 0) is 61.1 Å². The lowest BCUT2D eigenvalue weighted by atomic mass is 9.62. The Morgan fingerprint density at radius 2 is 2.00 bits per heavy atom. The quantitative estimate of drug-likeness (QED) is 0.741. The van der Waals surface area contributed by atoms with Gasteiger partial charge in [0, 0.05) is 0 Å². The summed E-state index contributed by atoms with van der Waals surface area (Å²) in [5.74, 6) is -0.835. The van der Waals surface area contributed by atoms with Crippen LogP contribution in [0, 0.1) is 17.2 Å². The number of halogens is 1. The molecule has 0 bridgehead atoms. The normalized spacial score (nSPS) is 40.6. The first-order valence-electron chi connectivity index (χ1n) is 7.25. The Hall–Kier alpha value is -1.13. The summed E-state index contributed by atoms with van der Waals surface area (Å²) in [5.41, 5.74) is -0.652. The molecule has 20 heavy (non-hydrogen) atoms. The van der Waals surface area contributed by atoms with Crippen molar-refractivity contribution in [1.29, 1.82) is 0 Å². The van der Waals surface area contributed by atoms with E-state index in [-0.39, 0.29) is 17.4 Å². The summed E-state index contributed by atoms with van der Waals surface area (Å²) in [6, 6.07) is 4.11. The van der Waals surface area contributed by atoms with E-state index in [1.54, 1.807) is 6.07 Å². The molecule has 0 heterocycles. The van der Waals surface area contributed by atoms with Crippen LogP contribution in [0.25, 0.3) is 0 Å². The van der Waals surface area contributed by atoms with Crippen molar-refractivity contribution < 1.29 is 19.7 Å². The van der Waals surface area contributed by atoms with Gasteiger partial charge >= 0.3 is 0 Å². The molecule has 0 radical (unpaired) electrons. The van der Waals surface area contributed by atoms with Crippen LogP contribution >= 0.6 is 0 Å². The first kappa shape index (κ1) is 13.8. The number of rotatable bonds is 1. The molecule has 0 saturated heterocycles. The molecule has 0 amide bonds. The molecule has 2 aliphatic rings. The van der Waals surface area contributed by atoms with Crippen molar-refractivity contribution in [1.82, 2.24) is 0 Å². The Labute approximate surface area is 118 Å². The summed E-state index contributed by atoms with van der Waals surface area (Å²) >= 11 is 0. The van der Waals surface area contributed by atoms with E-state index in [2.05, 4.69) is 6.92 Å². The van der Waals surface area contributed by atoms with E-state index >= 15 is 0 Å². The van der Waals surface area contributed by atoms with E-state index in [1.807, 2.05) is 0 Å². The van der Waals surface area contributed by atoms with E-state index in [9.17, 15) is 19.7 Å². The number of phenolic OH excluding ortho intramolecular Hbond substituents is 1. The van der Waals surface area contributed by atoms with Gasteiger partial charge in [0.05, 0.1) is 11.7 Å². The van der Waals surface area contributed by atoms with Crippen molar-refractivity contribution in [2.75, 3.05) is 0 Å². The highest BCUT2D eigenvalue weighted by molar-refractivity contribution is 5.32. The molecule has 4 atom stereocenters. The van der Waals surface area contributed by atoms with Crippen LogP contribution in [0.1, 0.15) is 44.6 Å². The van der Waals surface area contributed by atoms with E-state index in [1.165, 1.54) is 12.1 Å². The van der Waals surface area contributed by atoms with Gasteiger partial charge in [-0.2, -0.15) is 0 Å². The summed E-state index contributed by atoms with van der Waals surface area (Å²) in [7, 11) is 0. The molecule has 2 saturated carbocycles. The molecular weight excluding hydrogens is 259 g/mol. The number of phenols is 1. The third kappa shape index (κ3) is 1.93. The van der Waals surface area contributed by atoms with Gasteiger partial charge in [-0.15, -0.1) is 0 Å². The third-order valence-electron chi connectivity index (χ3n) is 5.63. The molecule has 1 aromatic rings. The second-order valence-corrected chi connectivity index (χ2v) is 6.70. The predicted octanol–water partition coefficient (Wildman–Crippen LogP) is 2.68. The molecule has 4 heteroatoms. The Morgan fingerprint density at radius 3 is 2.70 bits per heavy atom. The van der Waals surface area contributed by atoms with Crippen LogP contribution in [-0.2, 0) is 5.60 Å². The molecule has 0 aliphatic heterocycles. The molecule has 0 spiro atoms. The molecule has 0 aromatic heterocycles. The van der Waals surface area contributed by atoms with Gasteiger partial charge in [-0.25, -0.2) is 4.39 Å². The van der Waals surface area contributed by atoms with Crippen LogP contribution in [0.2, 0.25) is 0 Å². The van der Waals surface area contributed by atoms with Gasteiger partial charge in [-0.3, -0.25) is 0 Å². The van der Waals surface area contributed by atoms with Crippen LogP contribution in [0.5, 0.6) is 5.75 Å². The fourth-order valence-electron chi connectivity index (χ4n) is 4.04. The van der Waals surface area contributed by atoms with Crippen LogP contribution in [0.15, 0.2) is 18.2 Å². The van der Waals surface area contributed by atoms with Crippen molar-refractivity contribution in [2.24, 2.45) is 11.3 Å². The Bertz CT molecular complexity index is 532. The van der Waals surface area contributed by atoms with Crippen LogP contribution < -0.4 is 0 Å². The fraction of sp³-hybridized carbons (Fsp3) is 0.625. The largest absolute Gasteiger partial charge is 0.505 e. The van der Waals surface area contributed by atoms with Crippen LogP contribution in [-0.4, -0.2) is 21.4 Å². The average molecular weight is 280 g/mol. The summed E-state index contributed by atoms with van der Waals surface area (Å²) in [6.45, 7) is 2.09. The van der Waals surface area contributed by atoms with Gasteiger partial charge in [0.1, 0.15) is 0 Å². The maximum absolute atomic E-state index is 13.5. The zero-order valence-electron chi connectivity index (χ0n) is 11.6. The predicted molar refractivity (Wildman–Crippen MR) is 72.7 cm³/mol. The SMILES string of the molecule is C[C@]12CCC(O)(c3ccc(O)c(F)c3)CC1CC[C@@H]2O. The zero-order chi connectivity index (χ0) is 14.5. The zero-order valence-corrected chi connectivity index (χ0v) is 11.6. The Kier molecular flexibility index (Phi) is 3.07. The van der Waals surface area contributed by atoms with Crippen molar-refractivity contribution in [2.45, 2.75) is 50.7 Å².